The summed E-state index contributed by atoms with van der Waals surface area (Å²) in [5, 5.41) is 7.66. The minimum Gasteiger partial charge on any atom is -0.385 e. The van der Waals surface area contributed by atoms with Crippen molar-refractivity contribution in [1.29, 1.82) is 0 Å². The van der Waals surface area contributed by atoms with Crippen molar-refractivity contribution in [1.82, 2.24) is 15.3 Å². The van der Waals surface area contributed by atoms with Gasteiger partial charge in [-0.25, -0.2) is 4.39 Å². The highest BCUT2D eigenvalue weighted by Gasteiger charge is 2.26. The van der Waals surface area contributed by atoms with Crippen LogP contribution >= 0.6 is 11.6 Å². The molecule has 0 spiro atoms. The monoisotopic (exact) mass is 500 g/mol. The van der Waals surface area contributed by atoms with Gasteiger partial charge in [0.25, 0.3) is 5.91 Å². The van der Waals surface area contributed by atoms with Crippen LogP contribution in [-0.2, 0) is 11.4 Å². The van der Waals surface area contributed by atoms with E-state index in [0.717, 1.165) is 11.3 Å². The van der Waals surface area contributed by atoms with E-state index in [1.165, 1.54) is 12.3 Å². The fraction of sp³-hybridized carbons (Fsp3) is 0.143. The molecule has 6 nitrogen and oxygen atoms in total. The molecule has 0 fully saturated rings. The number of oxime groups is 1. The standard InChI is InChI=1S/C28H22ClFN4O2/c1-17-5-8-23(24(30)10-17)18-11-19(26-14-27(36-34-26)25-4-2-3-9-31-25)13-20(12-18)28(35)33-16-22-7-6-21(29)15-32-22/h2-13,15,27H,14,16H2,1H3,(H,33,35). The molecule has 1 unspecified atom stereocenters. The third kappa shape index (κ3) is 5.26. The molecule has 2 aromatic carbocycles. The first kappa shape index (κ1) is 23.6. The van der Waals surface area contributed by atoms with Crippen LogP contribution in [-0.4, -0.2) is 21.6 Å². The largest absolute Gasteiger partial charge is 0.385 e. The number of benzene rings is 2. The number of rotatable bonds is 6. The Balaban J connectivity index is 1.46. The van der Waals surface area contributed by atoms with Crippen LogP contribution in [0.25, 0.3) is 11.1 Å². The van der Waals surface area contributed by atoms with Crippen molar-refractivity contribution in [2.24, 2.45) is 5.16 Å². The van der Waals surface area contributed by atoms with E-state index in [2.05, 4.69) is 20.4 Å². The molecular weight excluding hydrogens is 479 g/mol. The summed E-state index contributed by atoms with van der Waals surface area (Å²) in [6.45, 7) is 2.05. The van der Waals surface area contributed by atoms with Crippen molar-refractivity contribution in [3.63, 3.8) is 0 Å². The lowest BCUT2D eigenvalue weighted by molar-refractivity contribution is 0.0826. The Bertz CT molecular complexity index is 1440. The van der Waals surface area contributed by atoms with E-state index in [1.54, 1.807) is 36.5 Å². The van der Waals surface area contributed by atoms with Crippen molar-refractivity contribution < 1.29 is 14.0 Å². The van der Waals surface area contributed by atoms with Crippen molar-refractivity contribution in [2.45, 2.75) is 26.0 Å². The molecule has 36 heavy (non-hydrogen) atoms. The SMILES string of the molecule is Cc1ccc(-c2cc(C(=O)NCc3ccc(Cl)cn3)cc(C3=NOC(c4ccccn4)C3)c2)c(F)c1. The normalized spacial score (nSPS) is 14.8. The number of nitrogens with zero attached hydrogens (tertiary/aromatic N) is 3. The third-order valence-electron chi connectivity index (χ3n) is 5.87. The summed E-state index contributed by atoms with van der Waals surface area (Å²) < 4.78 is 14.9. The van der Waals surface area contributed by atoms with Gasteiger partial charge in [-0.05, 0) is 66.6 Å². The number of pyridine rings is 2. The summed E-state index contributed by atoms with van der Waals surface area (Å²) in [4.78, 5) is 27.3. The van der Waals surface area contributed by atoms with Crippen LogP contribution in [0.3, 0.4) is 0 Å². The maximum Gasteiger partial charge on any atom is 0.251 e. The molecular formula is C28H22ClFN4O2. The summed E-state index contributed by atoms with van der Waals surface area (Å²) in [5.41, 5.74) is 4.94. The van der Waals surface area contributed by atoms with Gasteiger partial charge in [0, 0.05) is 35.5 Å². The fourth-order valence-corrected chi connectivity index (χ4v) is 4.10. The second-order valence-corrected chi connectivity index (χ2v) is 8.96. The molecule has 0 bridgehead atoms. The van der Waals surface area contributed by atoms with Gasteiger partial charge >= 0.3 is 0 Å². The zero-order valence-electron chi connectivity index (χ0n) is 19.4. The maximum atomic E-state index is 14.9. The molecule has 0 saturated heterocycles. The van der Waals surface area contributed by atoms with E-state index in [0.29, 0.717) is 45.1 Å². The zero-order chi connectivity index (χ0) is 25.1. The van der Waals surface area contributed by atoms with Crippen molar-refractivity contribution in [3.05, 3.63) is 118 Å². The van der Waals surface area contributed by atoms with Crippen LogP contribution in [0, 0.1) is 12.7 Å². The van der Waals surface area contributed by atoms with Crippen LogP contribution in [0.2, 0.25) is 5.02 Å². The second-order valence-electron chi connectivity index (χ2n) is 8.52. The predicted octanol–water partition coefficient (Wildman–Crippen LogP) is 6.04. The van der Waals surface area contributed by atoms with Gasteiger partial charge in [0.1, 0.15) is 5.82 Å². The molecule has 1 amide bonds. The maximum absolute atomic E-state index is 14.9. The molecule has 1 atom stereocenters. The van der Waals surface area contributed by atoms with E-state index >= 15 is 0 Å². The summed E-state index contributed by atoms with van der Waals surface area (Å²) in [6.07, 6.45) is 3.38. The molecule has 8 heteroatoms. The number of amides is 1. The Morgan fingerprint density at radius 1 is 1.08 bits per heavy atom. The highest BCUT2D eigenvalue weighted by atomic mass is 35.5. The van der Waals surface area contributed by atoms with Gasteiger partial charge < -0.3 is 10.2 Å². The number of hydrogen-bond donors (Lipinski definition) is 1. The van der Waals surface area contributed by atoms with E-state index in [1.807, 2.05) is 37.3 Å². The number of carbonyl (C=O) groups excluding carboxylic acids is 1. The van der Waals surface area contributed by atoms with Gasteiger partial charge in [-0.15, -0.1) is 0 Å². The number of nitrogens with one attached hydrogen (secondary N) is 1. The Labute approximate surface area is 212 Å². The molecule has 0 radical (unpaired) electrons. The first-order chi connectivity index (χ1) is 17.5. The zero-order valence-corrected chi connectivity index (χ0v) is 20.2. The molecule has 3 heterocycles. The quantitative estimate of drug-likeness (QED) is 0.350. The highest BCUT2D eigenvalue weighted by Crippen LogP contribution is 2.31. The van der Waals surface area contributed by atoms with Crippen molar-refractivity contribution >= 4 is 23.2 Å². The molecule has 4 aromatic rings. The van der Waals surface area contributed by atoms with Crippen LogP contribution < -0.4 is 5.32 Å². The van der Waals surface area contributed by atoms with Crippen LogP contribution in [0.1, 0.15) is 45.4 Å². The van der Waals surface area contributed by atoms with Gasteiger partial charge in [-0.1, -0.05) is 35.0 Å². The molecule has 5 rings (SSSR count). The molecule has 1 aliphatic rings. The van der Waals surface area contributed by atoms with Crippen molar-refractivity contribution in [2.75, 3.05) is 0 Å². The van der Waals surface area contributed by atoms with Gasteiger partial charge in [0.15, 0.2) is 6.10 Å². The van der Waals surface area contributed by atoms with Gasteiger partial charge in [-0.2, -0.15) is 0 Å². The molecule has 2 aromatic heterocycles. The van der Waals surface area contributed by atoms with E-state index in [-0.39, 0.29) is 24.4 Å². The molecule has 0 aliphatic carbocycles. The number of aromatic nitrogens is 2. The first-order valence-electron chi connectivity index (χ1n) is 11.4. The van der Waals surface area contributed by atoms with E-state index in [9.17, 15) is 9.18 Å². The Kier molecular flexibility index (Phi) is 6.73. The van der Waals surface area contributed by atoms with E-state index < -0.39 is 0 Å². The van der Waals surface area contributed by atoms with Gasteiger partial charge in [0.05, 0.1) is 28.7 Å². The molecule has 1 aliphatic heterocycles. The number of halogens is 2. The Hall–Kier alpha value is -4.10. The molecule has 0 saturated carbocycles. The highest BCUT2D eigenvalue weighted by molar-refractivity contribution is 6.30. The van der Waals surface area contributed by atoms with E-state index in [4.69, 9.17) is 16.4 Å². The van der Waals surface area contributed by atoms with Crippen LogP contribution in [0.15, 0.2) is 84.3 Å². The fourth-order valence-electron chi connectivity index (χ4n) is 3.99. The topological polar surface area (TPSA) is 76.5 Å². The lowest BCUT2D eigenvalue weighted by Gasteiger charge is -2.12. The summed E-state index contributed by atoms with van der Waals surface area (Å²) >= 11 is 5.89. The third-order valence-corrected chi connectivity index (χ3v) is 6.09. The minimum atomic E-state index is -0.361. The van der Waals surface area contributed by atoms with Crippen molar-refractivity contribution in [3.8, 4) is 11.1 Å². The van der Waals surface area contributed by atoms with Crippen LogP contribution in [0.4, 0.5) is 4.39 Å². The minimum absolute atomic E-state index is 0.222. The number of aryl methyl sites for hydroxylation is 1. The summed E-state index contributed by atoms with van der Waals surface area (Å²) in [7, 11) is 0. The summed E-state index contributed by atoms with van der Waals surface area (Å²) in [6, 6.07) is 19.3. The van der Waals surface area contributed by atoms with Crippen LogP contribution in [0.5, 0.6) is 0 Å². The first-order valence-corrected chi connectivity index (χ1v) is 11.8. The number of carbonyl (C=O) groups is 1. The van der Waals surface area contributed by atoms with Gasteiger partial charge in [-0.3, -0.25) is 14.8 Å². The summed E-state index contributed by atoms with van der Waals surface area (Å²) in [5.74, 6) is -0.678. The second kappa shape index (κ2) is 10.3. The molecule has 1 N–H and O–H groups in total. The van der Waals surface area contributed by atoms with Gasteiger partial charge in [0.2, 0.25) is 0 Å². The lowest BCUT2D eigenvalue weighted by Crippen LogP contribution is -2.23. The smallest absolute Gasteiger partial charge is 0.251 e. The predicted molar refractivity (Wildman–Crippen MR) is 136 cm³/mol. The lowest BCUT2D eigenvalue weighted by atomic mass is 9.94. The average Bonchev–Trinajstić information content (AvgIpc) is 3.39. The number of hydrogen-bond acceptors (Lipinski definition) is 5. The molecule has 180 valence electrons. The average molecular weight is 501 g/mol. The Morgan fingerprint density at radius 2 is 1.94 bits per heavy atom. The Morgan fingerprint density at radius 3 is 2.69 bits per heavy atom.